The molecular formula is C20H19N4NaO3S. The molecule has 2 aliphatic carbocycles. The molecule has 0 aliphatic heterocycles. The van der Waals surface area contributed by atoms with Gasteiger partial charge in [0.1, 0.15) is 0 Å². The molecule has 1 N–H and O–H groups in total. The van der Waals surface area contributed by atoms with E-state index in [4.69, 9.17) is 0 Å². The number of nitrogens with zero attached hydrogens (tertiary/aromatic N) is 3. The first-order valence-electron chi connectivity index (χ1n) is 9.40. The Bertz CT molecular complexity index is 1190. The second kappa shape index (κ2) is 7.75. The predicted molar refractivity (Wildman–Crippen MR) is 107 cm³/mol. The van der Waals surface area contributed by atoms with Crippen molar-refractivity contribution in [2.45, 2.75) is 38.5 Å². The van der Waals surface area contributed by atoms with Crippen LogP contribution in [-0.2, 0) is 35.9 Å². The van der Waals surface area contributed by atoms with E-state index in [0.717, 1.165) is 59.3 Å². The summed E-state index contributed by atoms with van der Waals surface area (Å²) in [6, 6.07) is 4.75. The fourth-order valence-corrected chi connectivity index (χ4v) is 5.36. The van der Waals surface area contributed by atoms with Gasteiger partial charge >= 0.3 is 29.6 Å². The van der Waals surface area contributed by atoms with Crippen LogP contribution in [0.15, 0.2) is 36.8 Å². The van der Waals surface area contributed by atoms with Gasteiger partial charge in [-0.15, -0.1) is 0 Å². The number of amides is 2. The number of hydrogen-bond acceptors (Lipinski definition) is 4. The molecule has 0 radical (unpaired) electrons. The number of urea groups is 1. The first kappa shape index (κ1) is 20.4. The van der Waals surface area contributed by atoms with Crippen LogP contribution >= 0.6 is 0 Å². The average Bonchev–Trinajstić information content (AvgIpc) is 3.39. The fourth-order valence-electron chi connectivity index (χ4n) is 4.40. The van der Waals surface area contributed by atoms with Crippen molar-refractivity contribution < 1.29 is 42.8 Å². The Hall–Kier alpha value is -1.87. The molecule has 2 aromatic heterocycles. The van der Waals surface area contributed by atoms with Crippen LogP contribution < -0.4 is 34.9 Å². The number of carbonyl (C=O) groups excluding carboxylic acids is 1. The van der Waals surface area contributed by atoms with Gasteiger partial charge < -0.3 is 10.0 Å². The zero-order chi connectivity index (χ0) is 19.3. The largest absolute Gasteiger partial charge is 1.00 e. The Morgan fingerprint density at radius 2 is 1.76 bits per heavy atom. The van der Waals surface area contributed by atoms with Crippen LogP contribution in [0.5, 0.6) is 0 Å². The maximum absolute atomic E-state index is 12.7. The summed E-state index contributed by atoms with van der Waals surface area (Å²) >= 11 is 0. The molecule has 0 atom stereocenters. The Morgan fingerprint density at radius 3 is 2.45 bits per heavy atom. The summed E-state index contributed by atoms with van der Waals surface area (Å²) in [6.45, 7) is 0. The van der Waals surface area contributed by atoms with Crippen LogP contribution in [-0.4, -0.2) is 23.4 Å². The predicted octanol–water partition coefficient (Wildman–Crippen LogP) is 0.716. The van der Waals surface area contributed by atoms with E-state index in [1.54, 1.807) is 18.3 Å². The molecular weight excluding hydrogens is 399 g/mol. The van der Waals surface area contributed by atoms with E-state index in [1.807, 2.05) is 0 Å². The molecule has 0 spiro atoms. The van der Waals surface area contributed by atoms with Gasteiger partial charge in [0.05, 0.1) is 11.7 Å². The van der Waals surface area contributed by atoms with Crippen molar-refractivity contribution in [2.75, 3.05) is 5.32 Å². The first-order chi connectivity index (χ1) is 13.5. The number of aromatic nitrogens is 2. The summed E-state index contributed by atoms with van der Waals surface area (Å²) < 4.78 is 29.9. The van der Waals surface area contributed by atoms with Crippen molar-refractivity contribution in [3.8, 4) is 0 Å². The van der Waals surface area contributed by atoms with Gasteiger partial charge in [-0.1, -0.05) is 6.07 Å². The molecule has 3 aromatic rings. The van der Waals surface area contributed by atoms with Crippen LogP contribution in [0.4, 0.5) is 10.5 Å². The monoisotopic (exact) mass is 418 g/mol. The van der Waals surface area contributed by atoms with Gasteiger partial charge in [-0.05, 0) is 78.6 Å². The summed E-state index contributed by atoms with van der Waals surface area (Å²) in [4.78, 5) is 16.5. The van der Waals surface area contributed by atoms with Gasteiger partial charge in [-0.3, -0.25) is 9.78 Å². The first-order valence-corrected chi connectivity index (χ1v) is 10.8. The molecule has 7 nitrogen and oxygen atoms in total. The number of aryl methyl sites for hydroxylation is 2. The smallest absolute Gasteiger partial charge is 0.423 e. The summed E-state index contributed by atoms with van der Waals surface area (Å²) in [5.74, 6) is 0. The summed E-state index contributed by atoms with van der Waals surface area (Å²) in [5, 5.41) is 3.51. The third kappa shape index (κ3) is 3.59. The minimum Gasteiger partial charge on any atom is -0.423 e. The van der Waals surface area contributed by atoms with Crippen LogP contribution in [0, 0.1) is 0 Å². The SMILES string of the molecule is O=C([N-]S(=O)(=O)n1ccc2ccncc21)Nc1c2c(cc3c1CCC3)CCC2.[Na+]. The van der Waals surface area contributed by atoms with Gasteiger partial charge in [-0.2, -0.15) is 0 Å². The zero-order valence-corrected chi connectivity index (χ0v) is 19.0. The van der Waals surface area contributed by atoms with Gasteiger partial charge in [0.25, 0.3) is 10.2 Å². The van der Waals surface area contributed by atoms with Crippen molar-refractivity contribution >= 4 is 32.8 Å². The molecule has 2 aliphatic rings. The normalized spacial score (nSPS) is 14.9. The molecule has 2 amide bonds. The van der Waals surface area contributed by atoms with E-state index < -0.39 is 16.2 Å². The van der Waals surface area contributed by atoms with Crippen LogP contribution in [0.2, 0.25) is 0 Å². The van der Waals surface area contributed by atoms with Crippen molar-refractivity contribution in [1.29, 1.82) is 0 Å². The minimum absolute atomic E-state index is 0. The van der Waals surface area contributed by atoms with E-state index in [-0.39, 0.29) is 29.6 Å². The molecule has 0 bridgehead atoms. The molecule has 1 aromatic carbocycles. The van der Waals surface area contributed by atoms with E-state index in [9.17, 15) is 13.2 Å². The number of hydrogen-bond donors (Lipinski definition) is 1. The second-order valence-corrected chi connectivity index (χ2v) is 8.75. The van der Waals surface area contributed by atoms with Crippen LogP contribution in [0.1, 0.15) is 35.1 Å². The number of anilines is 1. The third-order valence-electron chi connectivity index (χ3n) is 5.61. The van der Waals surface area contributed by atoms with Crippen molar-refractivity contribution in [3.05, 3.63) is 63.8 Å². The molecule has 144 valence electrons. The molecule has 29 heavy (non-hydrogen) atoms. The maximum Gasteiger partial charge on any atom is 1.00 e. The second-order valence-electron chi connectivity index (χ2n) is 7.28. The maximum atomic E-state index is 12.7. The Balaban J connectivity index is 0.00000205. The summed E-state index contributed by atoms with van der Waals surface area (Å²) in [7, 11) is -4.20. The third-order valence-corrected chi connectivity index (χ3v) is 6.82. The molecule has 0 fully saturated rings. The van der Waals surface area contributed by atoms with E-state index in [0.29, 0.717) is 10.9 Å². The molecule has 9 heteroatoms. The number of fused-ring (bicyclic) bond motifs is 3. The molecule has 0 saturated heterocycles. The van der Waals surface area contributed by atoms with Crippen LogP contribution in [0.3, 0.4) is 0 Å². The van der Waals surface area contributed by atoms with Gasteiger partial charge in [0.15, 0.2) is 6.03 Å². The Morgan fingerprint density at radius 1 is 1.07 bits per heavy atom. The van der Waals surface area contributed by atoms with Crippen molar-refractivity contribution in [3.63, 3.8) is 0 Å². The van der Waals surface area contributed by atoms with E-state index in [2.05, 4.69) is 21.1 Å². The van der Waals surface area contributed by atoms with Gasteiger partial charge in [0.2, 0.25) is 0 Å². The Kier molecular flexibility index (Phi) is 5.46. The molecule has 0 unspecified atom stereocenters. The number of nitrogens with one attached hydrogen (secondary N) is 1. The summed E-state index contributed by atoms with van der Waals surface area (Å²) in [6.07, 6.45) is 10.3. The molecule has 2 heterocycles. The van der Waals surface area contributed by atoms with E-state index in [1.165, 1.54) is 23.5 Å². The Labute approximate surface area is 191 Å². The molecule has 5 rings (SSSR count). The zero-order valence-electron chi connectivity index (χ0n) is 16.2. The molecule has 0 saturated carbocycles. The fraction of sp³-hybridized carbons (Fsp3) is 0.300. The van der Waals surface area contributed by atoms with Gasteiger partial charge in [-0.25, -0.2) is 12.4 Å². The summed E-state index contributed by atoms with van der Waals surface area (Å²) in [5.41, 5.74) is 5.98. The quantitative estimate of drug-likeness (QED) is 0.634. The number of rotatable bonds is 3. The topological polar surface area (TPSA) is 95.2 Å². The standard InChI is InChI=1S/C20H20N4O3S.Na/c25-20(23-28(26,27)24-10-8-13-7-9-21-12-18(13)24)22-19-16-5-1-3-14(16)11-15-4-2-6-17(15)19;/h7-12H,1-6H2,(H2,22,23,25);/q;+1/p-1. The van der Waals surface area contributed by atoms with Gasteiger partial charge in [0, 0.05) is 17.8 Å². The minimum atomic E-state index is -4.20. The van der Waals surface area contributed by atoms with Crippen molar-refractivity contribution in [2.24, 2.45) is 0 Å². The number of carbonyl (C=O) groups is 1. The van der Waals surface area contributed by atoms with Crippen LogP contribution in [0.25, 0.3) is 15.6 Å². The number of benzene rings is 1. The average molecular weight is 418 g/mol. The number of pyridine rings is 1. The van der Waals surface area contributed by atoms with E-state index >= 15 is 0 Å². The van der Waals surface area contributed by atoms with Crippen molar-refractivity contribution in [1.82, 2.24) is 8.96 Å².